The smallest absolute Gasteiger partial charge is 0.336 e. The molecule has 0 bridgehead atoms. The van der Waals surface area contributed by atoms with Gasteiger partial charge in [0.05, 0.1) is 5.69 Å². The van der Waals surface area contributed by atoms with Crippen LogP contribution in [0.1, 0.15) is 0 Å². The molecule has 0 aliphatic carbocycles. The van der Waals surface area contributed by atoms with Crippen molar-refractivity contribution in [3.63, 3.8) is 0 Å². The average Bonchev–Trinajstić information content (AvgIpc) is 2.94. The Kier molecular flexibility index (Phi) is 5.28. The molecule has 0 radical (unpaired) electrons. The van der Waals surface area contributed by atoms with Crippen LogP contribution in [-0.4, -0.2) is 59.4 Å². The topological polar surface area (TPSA) is 72.3 Å². The number of aromatic nitrogens is 3. The second kappa shape index (κ2) is 7.39. The molecule has 2 aromatic rings. The van der Waals surface area contributed by atoms with Crippen LogP contribution in [0.15, 0.2) is 36.7 Å². The molecule has 0 unspecified atom stereocenters. The first-order valence-electron chi connectivity index (χ1n) is 6.66. The van der Waals surface area contributed by atoms with Crippen molar-refractivity contribution >= 4 is 5.91 Å². The third-order valence-corrected chi connectivity index (χ3v) is 2.71. The summed E-state index contributed by atoms with van der Waals surface area (Å²) in [5.74, 6) is -0.187. The van der Waals surface area contributed by atoms with Gasteiger partial charge >= 0.3 is 6.01 Å². The number of nitrogens with zero attached hydrogens (tertiary/aromatic N) is 4. The first-order chi connectivity index (χ1) is 10.1. The molecule has 1 N–H and O–H groups in total. The second-order valence-corrected chi connectivity index (χ2v) is 4.75. The first kappa shape index (κ1) is 15.0. The number of rotatable bonds is 7. The fourth-order valence-electron chi connectivity index (χ4n) is 1.62. The molecule has 0 atom stereocenters. The van der Waals surface area contributed by atoms with E-state index in [1.165, 1.54) is 0 Å². The van der Waals surface area contributed by atoms with Gasteiger partial charge in [-0.2, -0.15) is 4.98 Å². The number of amides is 1. The predicted molar refractivity (Wildman–Crippen MR) is 78.4 cm³/mol. The molecule has 1 heterocycles. The summed E-state index contributed by atoms with van der Waals surface area (Å²) in [5, 5.41) is 6.91. The summed E-state index contributed by atoms with van der Waals surface area (Å²) >= 11 is 0. The van der Waals surface area contributed by atoms with Crippen LogP contribution in [0.25, 0.3) is 5.69 Å². The van der Waals surface area contributed by atoms with E-state index in [4.69, 9.17) is 4.74 Å². The highest BCUT2D eigenvalue weighted by atomic mass is 16.5. The lowest BCUT2D eigenvalue weighted by Crippen LogP contribution is -2.34. The lowest BCUT2D eigenvalue weighted by molar-refractivity contribution is -0.123. The van der Waals surface area contributed by atoms with Gasteiger partial charge in [0, 0.05) is 13.1 Å². The Morgan fingerprint density at radius 3 is 2.81 bits per heavy atom. The van der Waals surface area contributed by atoms with Crippen LogP contribution in [0.3, 0.4) is 0 Å². The lowest BCUT2D eigenvalue weighted by Gasteiger charge is -2.10. The van der Waals surface area contributed by atoms with Gasteiger partial charge in [-0.25, -0.2) is 4.68 Å². The van der Waals surface area contributed by atoms with E-state index in [1.54, 1.807) is 11.0 Å². The van der Waals surface area contributed by atoms with Crippen LogP contribution >= 0.6 is 0 Å². The summed E-state index contributed by atoms with van der Waals surface area (Å²) in [7, 11) is 3.89. The summed E-state index contributed by atoms with van der Waals surface area (Å²) in [4.78, 5) is 17.6. The molecule has 0 aliphatic rings. The maximum atomic E-state index is 11.6. The molecular formula is C14H19N5O2. The molecule has 0 saturated heterocycles. The highest BCUT2D eigenvalue weighted by Gasteiger charge is 2.07. The standard InChI is InChI=1S/C14H19N5O2/c1-18(2)9-8-15-13(20)10-21-14-16-11-19(17-14)12-6-4-3-5-7-12/h3-7,11H,8-10H2,1-2H3,(H,15,20). The molecule has 1 aromatic heterocycles. The Hall–Kier alpha value is -2.41. The maximum Gasteiger partial charge on any atom is 0.336 e. The Morgan fingerprint density at radius 1 is 1.33 bits per heavy atom. The van der Waals surface area contributed by atoms with E-state index in [1.807, 2.05) is 49.3 Å². The number of benzene rings is 1. The quantitative estimate of drug-likeness (QED) is 0.795. The van der Waals surface area contributed by atoms with Gasteiger partial charge < -0.3 is 15.0 Å². The van der Waals surface area contributed by atoms with Gasteiger partial charge in [0.2, 0.25) is 0 Å². The Balaban J connectivity index is 1.79. The van der Waals surface area contributed by atoms with Crippen LogP contribution in [0.4, 0.5) is 0 Å². The molecule has 0 spiro atoms. The normalized spacial score (nSPS) is 10.6. The molecule has 2 rings (SSSR count). The predicted octanol–water partition coefficient (Wildman–Crippen LogP) is 0.324. The molecule has 112 valence electrons. The van der Waals surface area contributed by atoms with Crippen molar-refractivity contribution in [2.24, 2.45) is 0 Å². The largest absolute Gasteiger partial charge is 0.452 e. The van der Waals surface area contributed by atoms with E-state index in [-0.39, 0.29) is 18.5 Å². The SMILES string of the molecule is CN(C)CCNC(=O)COc1ncn(-c2ccccc2)n1. The van der Waals surface area contributed by atoms with E-state index in [9.17, 15) is 4.79 Å². The molecule has 1 amide bonds. The van der Waals surface area contributed by atoms with Crippen molar-refractivity contribution in [3.8, 4) is 11.7 Å². The van der Waals surface area contributed by atoms with Crippen molar-refractivity contribution in [1.29, 1.82) is 0 Å². The zero-order chi connectivity index (χ0) is 15.1. The van der Waals surface area contributed by atoms with Crippen LogP contribution in [-0.2, 0) is 4.79 Å². The number of carbonyl (C=O) groups excluding carboxylic acids is 1. The summed E-state index contributed by atoms with van der Waals surface area (Å²) in [5.41, 5.74) is 0.885. The van der Waals surface area contributed by atoms with Gasteiger partial charge in [0.25, 0.3) is 5.91 Å². The maximum absolute atomic E-state index is 11.6. The number of para-hydroxylation sites is 1. The van der Waals surface area contributed by atoms with Crippen LogP contribution < -0.4 is 10.1 Å². The van der Waals surface area contributed by atoms with Crippen LogP contribution in [0.5, 0.6) is 6.01 Å². The number of hydrogen-bond acceptors (Lipinski definition) is 5. The molecule has 7 nitrogen and oxygen atoms in total. The Bertz CT molecular complexity index is 568. The molecule has 0 saturated carbocycles. The minimum Gasteiger partial charge on any atom is -0.452 e. The van der Waals surface area contributed by atoms with Gasteiger partial charge in [-0.05, 0) is 26.2 Å². The number of ether oxygens (including phenoxy) is 1. The van der Waals surface area contributed by atoms with Gasteiger partial charge in [-0.1, -0.05) is 18.2 Å². The summed E-state index contributed by atoms with van der Waals surface area (Å²) in [6.45, 7) is 1.28. The molecule has 7 heteroatoms. The second-order valence-electron chi connectivity index (χ2n) is 4.75. The van der Waals surface area contributed by atoms with Crippen LogP contribution in [0, 0.1) is 0 Å². The number of carbonyl (C=O) groups is 1. The minimum atomic E-state index is -0.187. The van der Waals surface area contributed by atoms with E-state index in [2.05, 4.69) is 15.4 Å². The van der Waals surface area contributed by atoms with E-state index in [0.717, 1.165) is 12.2 Å². The van der Waals surface area contributed by atoms with E-state index in [0.29, 0.717) is 6.54 Å². The van der Waals surface area contributed by atoms with Crippen molar-refractivity contribution in [2.45, 2.75) is 0 Å². The zero-order valence-electron chi connectivity index (χ0n) is 12.2. The monoisotopic (exact) mass is 289 g/mol. The van der Waals surface area contributed by atoms with Crippen LogP contribution in [0.2, 0.25) is 0 Å². The molecule has 1 aromatic carbocycles. The third-order valence-electron chi connectivity index (χ3n) is 2.71. The summed E-state index contributed by atoms with van der Waals surface area (Å²) in [6.07, 6.45) is 1.55. The Labute approximate surface area is 123 Å². The zero-order valence-corrected chi connectivity index (χ0v) is 12.2. The van der Waals surface area contributed by atoms with Gasteiger partial charge in [-0.15, -0.1) is 5.10 Å². The molecule has 21 heavy (non-hydrogen) atoms. The van der Waals surface area contributed by atoms with Crippen molar-refractivity contribution in [3.05, 3.63) is 36.7 Å². The highest BCUT2D eigenvalue weighted by molar-refractivity contribution is 5.77. The number of nitrogens with one attached hydrogen (secondary N) is 1. The third kappa shape index (κ3) is 4.88. The fourth-order valence-corrected chi connectivity index (χ4v) is 1.62. The highest BCUT2D eigenvalue weighted by Crippen LogP contribution is 2.07. The summed E-state index contributed by atoms with van der Waals surface area (Å²) in [6, 6.07) is 9.75. The summed E-state index contributed by atoms with van der Waals surface area (Å²) < 4.78 is 6.86. The molecular weight excluding hydrogens is 270 g/mol. The number of likely N-dealkylation sites (N-methyl/N-ethyl adjacent to an activating group) is 1. The van der Waals surface area contributed by atoms with Crippen molar-refractivity contribution in [2.75, 3.05) is 33.8 Å². The lowest BCUT2D eigenvalue weighted by atomic mass is 10.3. The Morgan fingerprint density at radius 2 is 2.10 bits per heavy atom. The van der Waals surface area contributed by atoms with E-state index >= 15 is 0 Å². The first-order valence-corrected chi connectivity index (χ1v) is 6.66. The molecule has 0 aliphatic heterocycles. The molecule has 0 fully saturated rings. The van der Waals surface area contributed by atoms with E-state index < -0.39 is 0 Å². The fraction of sp³-hybridized carbons (Fsp3) is 0.357. The minimum absolute atomic E-state index is 0.0910. The van der Waals surface area contributed by atoms with Gasteiger partial charge in [0.1, 0.15) is 6.33 Å². The number of hydrogen-bond donors (Lipinski definition) is 1. The van der Waals surface area contributed by atoms with Gasteiger partial charge in [0.15, 0.2) is 6.61 Å². The van der Waals surface area contributed by atoms with Crippen molar-refractivity contribution in [1.82, 2.24) is 25.0 Å². The van der Waals surface area contributed by atoms with Crippen molar-refractivity contribution < 1.29 is 9.53 Å². The average molecular weight is 289 g/mol. The van der Waals surface area contributed by atoms with Gasteiger partial charge in [-0.3, -0.25) is 4.79 Å².